The molecular formula is C13H21ClFN3O5S. The van der Waals surface area contributed by atoms with Crippen LogP contribution < -0.4 is 15.2 Å². The number of nitro groups is 1. The van der Waals surface area contributed by atoms with Crippen LogP contribution in [0.1, 0.15) is 20.3 Å². The highest BCUT2D eigenvalue weighted by atomic mass is 35.5. The molecule has 3 N–H and O–H groups in total. The Bertz CT molecular complexity index is 684. The molecule has 1 aromatic carbocycles. The van der Waals surface area contributed by atoms with Crippen molar-refractivity contribution in [3.05, 3.63) is 28.1 Å². The van der Waals surface area contributed by atoms with Crippen molar-refractivity contribution in [2.45, 2.75) is 31.2 Å². The normalized spacial score (nSPS) is 12.6. The summed E-state index contributed by atoms with van der Waals surface area (Å²) in [5, 5.41) is 11.0. The lowest BCUT2D eigenvalue weighted by molar-refractivity contribution is -0.386. The number of nitrogens with one attached hydrogen (secondary N) is 1. The van der Waals surface area contributed by atoms with Gasteiger partial charge in [-0.05, 0) is 18.4 Å². The summed E-state index contributed by atoms with van der Waals surface area (Å²) < 4.78 is 45.5. The number of methoxy groups -OCH3 is 1. The molecule has 0 aromatic heterocycles. The highest BCUT2D eigenvalue weighted by Crippen LogP contribution is 2.32. The second-order valence-corrected chi connectivity index (χ2v) is 7.11. The highest BCUT2D eigenvalue weighted by Gasteiger charge is 2.27. The molecule has 138 valence electrons. The van der Waals surface area contributed by atoms with E-state index in [0.717, 1.165) is 13.2 Å². The second-order valence-electron chi connectivity index (χ2n) is 5.40. The van der Waals surface area contributed by atoms with Crippen LogP contribution in [0.25, 0.3) is 0 Å². The molecule has 0 aliphatic heterocycles. The van der Waals surface area contributed by atoms with Gasteiger partial charge < -0.3 is 10.5 Å². The van der Waals surface area contributed by atoms with Crippen molar-refractivity contribution in [3.63, 3.8) is 0 Å². The molecule has 0 saturated heterocycles. The molecule has 1 rings (SSSR count). The molecule has 8 nitrogen and oxygen atoms in total. The van der Waals surface area contributed by atoms with E-state index in [0.29, 0.717) is 12.5 Å². The lowest BCUT2D eigenvalue weighted by Gasteiger charge is -2.19. The maximum atomic E-state index is 13.9. The maximum absolute atomic E-state index is 13.9. The Morgan fingerprint density at radius 1 is 1.42 bits per heavy atom. The third-order valence-corrected chi connectivity index (χ3v) is 4.57. The molecule has 1 aromatic rings. The SMILES string of the molecule is COc1c(F)cc(S(=O)(=O)NC(CN)CC(C)C)cc1[N+](=O)[O-].Cl. The Morgan fingerprint density at radius 2 is 2.00 bits per heavy atom. The number of ether oxygens (including phenoxy) is 1. The van der Waals surface area contributed by atoms with Crippen LogP contribution >= 0.6 is 12.4 Å². The third-order valence-electron chi connectivity index (χ3n) is 3.07. The molecule has 0 amide bonds. The average Bonchev–Trinajstić information content (AvgIpc) is 2.44. The average molecular weight is 386 g/mol. The van der Waals surface area contributed by atoms with Crippen molar-refractivity contribution in [1.29, 1.82) is 0 Å². The first-order chi connectivity index (χ1) is 10.6. The number of hydrogen-bond acceptors (Lipinski definition) is 6. The largest absolute Gasteiger partial charge is 0.488 e. The summed E-state index contributed by atoms with van der Waals surface area (Å²) in [5.74, 6) is -1.56. The van der Waals surface area contributed by atoms with E-state index in [-0.39, 0.29) is 24.9 Å². The number of halogens is 2. The van der Waals surface area contributed by atoms with Gasteiger partial charge in [0.25, 0.3) is 0 Å². The van der Waals surface area contributed by atoms with Crippen LogP contribution in [0.4, 0.5) is 10.1 Å². The fourth-order valence-electron chi connectivity index (χ4n) is 2.10. The zero-order chi connectivity index (χ0) is 17.8. The smallest absolute Gasteiger partial charge is 0.315 e. The third kappa shape index (κ3) is 5.55. The quantitative estimate of drug-likeness (QED) is 0.519. The molecule has 0 heterocycles. The van der Waals surface area contributed by atoms with Crippen LogP contribution in [0.15, 0.2) is 17.0 Å². The Labute approximate surface area is 146 Å². The summed E-state index contributed by atoms with van der Waals surface area (Å²) in [6, 6.07) is 0.883. The predicted molar refractivity (Wildman–Crippen MR) is 89.5 cm³/mol. The van der Waals surface area contributed by atoms with E-state index in [1.807, 2.05) is 13.8 Å². The minimum atomic E-state index is -4.15. The van der Waals surface area contributed by atoms with Gasteiger partial charge in [0.15, 0.2) is 5.82 Å². The van der Waals surface area contributed by atoms with E-state index < -0.39 is 43.1 Å². The van der Waals surface area contributed by atoms with E-state index in [1.54, 1.807) is 0 Å². The summed E-state index contributed by atoms with van der Waals surface area (Å²) in [7, 11) is -3.09. The first kappa shape index (κ1) is 22.5. The van der Waals surface area contributed by atoms with E-state index in [4.69, 9.17) is 5.73 Å². The summed E-state index contributed by atoms with van der Waals surface area (Å²) in [5.41, 5.74) is 4.77. The lowest BCUT2D eigenvalue weighted by atomic mass is 10.1. The van der Waals surface area contributed by atoms with Gasteiger partial charge >= 0.3 is 5.69 Å². The van der Waals surface area contributed by atoms with Gasteiger partial charge in [-0.2, -0.15) is 0 Å². The highest BCUT2D eigenvalue weighted by molar-refractivity contribution is 7.89. The maximum Gasteiger partial charge on any atom is 0.315 e. The Morgan fingerprint density at radius 3 is 2.42 bits per heavy atom. The van der Waals surface area contributed by atoms with Gasteiger partial charge in [-0.15, -0.1) is 12.4 Å². The fraction of sp³-hybridized carbons (Fsp3) is 0.538. The van der Waals surface area contributed by atoms with Crippen LogP contribution in [-0.4, -0.2) is 33.0 Å². The number of rotatable bonds is 8. The van der Waals surface area contributed by atoms with Gasteiger partial charge in [-0.25, -0.2) is 17.5 Å². The first-order valence-electron chi connectivity index (χ1n) is 6.86. The molecule has 1 unspecified atom stereocenters. The summed E-state index contributed by atoms with van der Waals surface area (Å²) in [6.45, 7) is 3.85. The molecule has 0 bridgehead atoms. The minimum Gasteiger partial charge on any atom is -0.488 e. The van der Waals surface area contributed by atoms with Gasteiger partial charge in [0.05, 0.1) is 16.9 Å². The number of sulfonamides is 1. The Kier molecular flexibility index (Phi) is 8.55. The summed E-state index contributed by atoms with van der Waals surface area (Å²) in [6.07, 6.45) is 0.483. The molecule has 0 saturated carbocycles. The zero-order valence-corrected chi connectivity index (χ0v) is 15.1. The number of hydrogen-bond donors (Lipinski definition) is 2. The van der Waals surface area contributed by atoms with Gasteiger partial charge in [0, 0.05) is 18.7 Å². The van der Waals surface area contributed by atoms with Crippen LogP contribution in [0.2, 0.25) is 0 Å². The molecular weight excluding hydrogens is 365 g/mol. The van der Waals surface area contributed by atoms with Gasteiger partial charge in [0.1, 0.15) is 0 Å². The molecule has 0 spiro atoms. The summed E-state index contributed by atoms with van der Waals surface area (Å²) in [4.78, 5) is 9.50. The minimum absolute atomic E-state index is 0. The predicted octanol–water partition coefficient (Wildman–Crippen LogP) is 1.82. The number of benzene rings is 1. The molecule has 24 heavy (non-hydrogen) atoms. The topological polar surface area (TPSA) is 125 Å². The van der Waals surface area contributed by atoms with Crippen LogP contribution in [0.5, 0.6) is 5.75 Å². The standard InChI is InChI=1S/C13H20FN3O5S.ClH/c1-8(2)4-9(7-15)16-23(20,21)10-5-11(14)13(22-3)12(6-10)17(18)19;/h5-6,8-9,16H,4,7,15H2,1-3H3;1H. The van der Waals surface area contributed by atoms with Gasteiger partial charge in [-0.3, -0.25) is 10.1 Å². The van der Waals surface area contributed by atoms with Gasteiger partial charge in [-0.1, -0.05) is 13.8 Å². The number of nitrogens with two attached hydrogens (primary N) is 1. The number of nitrogens with zero attached hydrogens (tertiary/aromatic N) is 1. The molecule has 0 aliphatic rings. The zero-order valence-electron chi connectivity index (χ0n) is 13.5. The van der Waals surface area contributed by atoms with Crippen molar-refractivity contribution < 1.29 is 22.5 Å². The van der Waals surface area contributed by atoms with Crippen molar-refractivity contribution >= 4 is 28.1 Å². The van der Waals surface area contributed by atoms with Gasteiger partial charge in [0.2, 0.25) is 15.8 Å². The van der Waals surface area contributed by atoms with Crippen molar-refractivity contribution in [2.75, 3.05) is 13.7 Å². The van der Waals surface area contributed by atoms with E-state index in [1.165, 1.54) is 0 Å². The Balaban J connectivity index is 0.00000529. The molecule has 0 aliphatic carbocycles. The summed E-state index contributed by atoms with van der Waals surface area (Å²) >= 11 is 0. The van der Waals surface area contributed by atoms with E-state index >= 15 is 0 Å². The molecule has 0 radical (unpaired) electrons. The number of nitro benzene ring substituents is 1. The molecule has 11 heteroatoms. The van der Waals surface area contributed by atoms with Crippen molar-refractivity contribution in [3.8, 4) is 5.75 Å². The molecule has 0 fully saturated rings. The van der Waals surface area contributed by atoms with Crippen LogP contribution in [-0.2, 0) is 10.0 Å². The van der Waals surface area contributed by atoms with Crippen molar-refractivity contribution in [2.24, 2.45) is 11.7 Å². The van der Waals surface area contributed by atoms with Crippen molar-refractivity contribution in [1.82, 2.24) is 4.72 Å². The van der Waals surface area contributed by atoms with Crippen LogP contribution in [0, 0.1) is 21.8 Å². The van der Waals surface area contributed by atoms with E-state index in [2.05, 4.69) is 9.46 Å². The fourth-order valence-corrected chi connectivity index (χ4v) is 3.39. The lowest BCUT2D eigenvalue weighted by Crippen LogP contribution is -2.41. The monoisotopic (exact) mass is 385 g/mol. The Hall–Kier alpha value is -1.49. The second kappa shape index (κ2) is 9.11. The van der Waals surface area contributed by atoms with Crippen LogP contribution in [0.3, 0.4) is 0 Å². The van der Waals surface area contributed by atoms with E-state index in [9.17, 15) is 22.9 Å². The molecule has 1 atom stereocenters. The first-order valence-corrected chi connectivity index (χ1v) is 8.35.